The van der Waals surface area contributed by atoms with Crippen molar-refractivity contribution in [1.82, 2.24) is 0 Å². The van der Waals surface area contributed by atoms with Crippen molar-refractivity contribution in [2.75, 3.05) is 0 Å². The molecule has 0 radical (unpaired) electrons. The fourth-order valence-electron chi connectivity index (χ4n) is 0.933. The minimum atomic E-state index is -2.36. The van der Waals surface area contributed by atoms with Gasteiger partial charge in [0.15, 0.2) is 0 Å². The summed E-state index contributed by atoms with van der Waals surface area (Å²) in [6.07, 6.45) is 0. The second-order valence-corrected chi connectivity index (χ2v) is 3.26. The van der Waals surface area contributed by atoms with Crippen LogP contribution >= 0.6 is 0 Å². The Morgan fingerprint density at radius 2 is 1.87 bits per heavy atom. The molecule has 0 aliphatic heterocycles. The van der Waals surface area contributed by atoms with Gasteiger partial charge in [-0.1, -0.05) is 12.1 Å². The number of nitro benzene ring substituents is 1. The van der Waals surface area contributed by atoms with Gasteiger partial charge in [-0.15, -0.1) is 0 Å². The van der Waals surface area contributed by atoms with E-state index in [-0.39, 0.29) is 10.6 Å². The maximum Gasteiger partial charge on any atom is 0.272 e. The van der Waals surface area contributed by atoms with E-state index < -0.39 is 11.3 Å². The summed E-state index contributed by atoms with van der Waals surface area (Å²) < 4.78 is 17.6. The van der Waals surface area contributed by atoms with E-state index in [1.807, 2.05) is 13.0 Å². The Bertz CT molecular complexity index is 377. The van der Waals surface area contributed by atoms with Crippen LogP contribution in [0.2, 0.25) is 0 Å². The summed E-state index contributed by atoms with van der Waals surface area (Å²) in [5, 5.41) is 14.4. The number of rotatable bonds is 1. The van der Waals surface area contributed by atoms with Gasteiger partial charge in [-0.05, 0) is 19.4 Å². The van der Waals surface area contributed by atoms with Gasteiger partial charge in [0.05, 0.1) is 4.92 Å². The zero-order chi connectivity index (χ0) is 12.0. The standard InChI is InChI=1S/C8H9NO2.H3NO2S/c1-6-4-3-5-8(7(6)2)9(10)11;1-4(2)3/h3-5H,1-2H3;1H2,(H,2,3)/p-1. The fourth-order valence-corrected chi connectivity index (χ4v) is 0.933. The highest BCUT2D eigenvalue weighted by Gasteiger charge is 2.09. The number of hydrogen-bond acceptors (Lipinski definition) is 4. The first-order chi connectivity index (χ1) is 6.86. The highest BCUT2D eigenvalue weighted by atomic mass is 32.2. The zero-order valence-electron chi connectivity index (χ0n) is 8.30. The van der Waals surface area contributed by atoms with Gasteiger partial charge in [0.2, 0.25) is 0 Å². The molecule has 0 bridgehead atoms. The molecule has 0 aromatic heterocycles. The molecule has 15 heavy (non-hydrogen) atoms. The van der Waals surface area contributed by atoms with Crippen LogP contribution in [0.3, 0.4) is 0 Å². The largest absolute Gasteiger partial charge is 0.760 e. The lowest BCUT2D eigenvalue weighted by Crippen LogP contribution is -1.97. The summed E-state index contributed by atoms with van der Waals surface area (Å²) in [7, 11) is 0. The predicted octanol–water partition coefficient (Wildman–Crippen LogP) is 0.951. The Hall–Kier alpha value is -1.31. The Balaban J connectivity index is 0.000000423. The lowest BCUT2D eigenvalue weighted by molar-refractivity contribution is -0.385. The summed E-state index contributed by atoms with van der Waals surface area (Å²) >= 11 is -2.36. The lowest BCUT2D eigenvalue weighted by atomic mass is 10.1. The Morgan fingerprint density at radius 1 is 1.40 bits per heavy atom. The number of hydrogen-bond donors (Lipinski definition) is 1. The molecule has 0 spiro atoms. The van der Waals surface area contributed by atoms with E-state index in [2.05, 4.69) is 5.14 Å². The molecule has 1 rings (SSSR count). The molecule has 0 amide bonds. The summed E-state index contributed by atoms with van der Waals surface area (Å²) in [5.41, 5.74) is 1.90. The highest BCUT2D eigenvalue weighted by Crippen LogP contribution is 2.19. The van der Waals surface area contributed by atoms with Gasteiger partial charge < -0.3 is 4.55 Å². The van der Waals surface area contributed by atoms with Crippen LogP contribution in [-0.2, 0) is 11.3 Å². The van der Waals surface area contributed by atoms with Gasteiger partial charge >= 0.3 is 0 Å². The maximum absolute atomic E-state index is 10.4. The number of nitrogens with zero attached hydrogens (tertiary/aromatic N) is 1. The van der Waals surface area contributed by atoms with Gasteiger partial charge in [-0.25, -0.2) is 0 Å². The quantitative estimate of drug-likeness (QED) is 0.440. The zero-order valence-corrected chi connectivity index (χ0v) is 9.11. The molecule has 1 atom stereocenters. The van der Waals surface area contributed by atoms with Crippen molar-refractivity contribution >= 4 is 17.0 Å². The van der Waals surface area contributed by atoms with E-state index >= 15 is 0 Å². The topological polar surface area (TPSA) is 109 Å². The van der Waals surface area contributed by atoms with Gasteiger partial charge in [-0.2, -0.15) is 0 Å². The molecular formula is C8H11N2O4S-. The molecule has 0 aliphatic carbocycles. The van der Waals surface area contributed by atoms with Crippen molar-refractivity contribution in [3.8, 4) is 0 Å². The average Bonchev–Trinajstić information content (AvgIpc) is 2.08. The minimum absolute atomic E-state index is 0.199. The highest BCUT2D eigenvalue weighted by molar-refractivity contribution is 7.76. The summed E-state index contributed by atoms with van der Waals surface area (Å²) in [6.45, 7) is 3.62. The van der Waals surface area contributed by atoms with E-state index in [0.717, 1.165) is 11.1 Å². The number of nitrogens with two attached hydrogens (primary N) is 1. The molecule has 1 aromatic carbocycles. The monoisotopic (exact) mass is 231 g/mol. The third kappa shape index (κ3) is 5.21. The van der Waals surface area contributed by atoms with Crippen molar-refractivity contribution in [1.29, 1.82) is 0 Å². The first-order valence-electron chi connectivity index (χ1n) is 3.90. The van der Waals surface area contributed by atoms with Crippen molar-refractivity contribution in [2.24, 2.45) is 5.14 Å². The minimum Gasteiger partial charge on any atom is -0.760 e. The fraction of sp³-hybridized carbons (Fsp3) is 0.250. The average molecular weight is 231 g/mol. The smallest absolute Gasteiger partial charge is 0.272 e. The second-order valence-electron chi connectivity index (χ2n) is 2.74. The van der Waals surface area contributed by atoms with Crippen LogP contribution < -0.4 is 5.14 Å². The summed E-state index contributed by atoms with van der Waals surface area (Å²) in [5.74, 6) is 0. The van der Waals surface area contributed by atoms with E-state index in [1.54, 1.807) is 13.0 Å². The third-order valence-electron chi connectivity index (χ3n) is 1.77. The maximum atomic E-state index is 10.4. The van der Waals surface area contributed by atoms with Gasteiger partial charge in [-0.3, -0.25) is 19.5 Å². The van der Waals surface area contributed by atoms with Crippen LogP contribution in [-0.4, -0.2) is 13.7 Å². The van der Waals surface area contributed by atoms with Crippen molar-refractivity contribution in [3.63, 3.8) is 0 Å². The molecule has 0 aliphatic rings. The Kier molecular flexibility index (Phi) is 5.68. The van der Waals surface area contributed by atoms with Crippen LogP contribution in [0.5, 0.6) is 0 Å². The van der Waals surface area contributed by atoms with E-state index in [4.69, 9.17) is 8.76 Å². The Labute approximate surface area is 89.7 Å². The molecule has 2 N–H and O–H groups in total. The first kappa shape index (κ1) is 13.7. The molecule has 7 heteroatoms. The van der Waals surface area contributed by atoms with Crippen LogP contribution in [0.4, 0.5) is 5.69 Å². The number of benzene rings is 1. The first-order valence-corrected chi connectivity index (χ1v) is 5.04. The number of aryl methyl sites for hydroxylation is 1. The second kappa shape index (κ2) is 6.23. The summed E-state index contributed by atoms with van der Waals surface area (Å²) in [4.78, 5) is 10.0. The van der Waals surface area contributed by atoms with E-state index in [1.165, 1.54) is 6.07 Å². The summed E-state index contributed by atoms with van der Waals surface area (Å²) in [6, 6.07) is 5.07. The predicted molar refractivity (Wildman–Crippen MR) is 55.7 cm³/mol. The molecule has 0 saturated heterocycles. The van der Waals surface area contributed by atoms with Crippen molar-refractivity contribution in [3.05, 3.63) is 39.4 Å². The molecule has 0 saturated carbocycles. The molecule has 6 nitrogen and oxygen atoms in total. The lowest BCUT2D eigenvalue weighted by Gasteiger charge is -1.98. The molecule has 1 unspecified atom stereocenters. The molecule has 0 heterocycles. The van der Waals surface area contributed by atoms with Gasteiger partial charge in [0.1, 0.15) is 0 Å². The van der Waals surface area contributed by atoms with E-state index in [0.29, 0.717) is 0 Å². The van der Waals surface area contributed by atoms with Crippen molar-refractivity contribution in [2.45, 2.75) is 13.8 Å². The molecule has 1 aromatic rings. The van der Waals surface area contributed by atoms with Gasteiger partial charge in [0, 0.05) is 22.9 Å². The molecule has 0 fully saturated rings. The SMILES string of the molecule is Cc1cccc([N+](=O)[O-])c1C.NS(=O)[O-]. The van der Waals surface area contributed by atoms with Crippen molar-refractivity contribution < 1.29 is 13.7 Å². The van der Waals surface area contributed by atoms with Crippen LogP contribution in [0.25, 0.3) is 0 Å². The van der Waals surface area contributed by atoms with Crippen LogP contribution in [0, 0.1) is 24.0 Å². The van der Waals surface area contributed by atoms with E-state index in [9.17, 15) is 10.1 Å². The van der Waals surface area contributed by atoms with Gasteiger partial charge in [0.25, 0.3) is 5.69 Å². The Morgan fingerprint density at radius 3 is 2.20 bits per heavy atom. The molecule has 84 valence electrons. The normalized spacial score (nSPS) is 11.2. The molecular weight excluding hydrogens is 220 g/mol. The van der Waals surface area contributed by atoms with Crippen LogP contribution in [0.15, 0.2) is 18.2 Å². The van der Waals surface area contributed by atoms with Crippen LogP contribution in [0.1, 0.15) is 11.1 Å². The third-order valence-corrected chi connectivity index (χ3v) is 1.77. The number of nitro groups is 1.